The Balaban J connectivity index is 2.00. The van der Waals surface area contributed by atoms with Gasteiger partial charge in [-0.3, -0.25) is 0 Å². The average molecular weight is 330 g/mol. The monoisotopic (exact) mass is 330 g/mol. The third kappa shape index (κ3) is 2.98. The van der Waals surface area contributed by atoms with Gasteiger partial charge < -0.3 is 9.14 Å². The molecule has 0 unspecified atom stereocenters. The molecule has 0 aromatic carbocycles. The van der Waals surface area contributed by atoms with Crippen LogP contribution in [0.2, 0.25) is 0 Å². The molecular weight excluding hydrogens is 304 g/mol. The molecule has 0 radical (unpaired) electrons. The Labute approximate surface area is 142 Å². The number of rotatable bonds is 3. The third-order valence-corrected chi connectivity index (χ3v) is 4.28. The lowest BCUT2D eigenvalue weighted by atomic mass is 10.0. The topological polar surface area (TPSA) is 72.9 Å². The van der Waals surface area contributed by atoms with Crippen molar-refractivity contribution < 1.29 is 9.53 Å². The molecule has 2 aromatic rings. The summed E-state index contributed by atoms with van der Waals surface area (Å²) in [6.07, 6.45) is 3.74. The van der Waals surface area contributed by atoms with E-state index in [1.165, 1.54) is 12.8 Å². The van der Waals surface area contributed by atoms with Gasteiger partial charge in [-0.25, -0.2) is 20.6 Å². The summed E-state index contributed by atoms with van der Waals surface area (Å²) in [4.78, 5) is 17.3. The molecule has 1 aliphatic rings. The molecule has 24 heavy (non-hydrogen) atoms. The molecule has 0 atom stereocenters. The van der Waals surface area contributed by atoms with Gasteiger partial charge in [-0.1, -0.05) is 6.07 Å². The SMILES string of the molecule is CC(C)(C)OC(=O)N(N)C(C)(C)c1nc(C2CC2)c2ccccn12. The van der Waals surface area contributed by atoms with E-state index >= 15 is 0 Å². The number of ether oxygens (including phenoxy) is 1. The van der Waals surface area contributed by atoms with Gasteiger partial charge in [0, 0.05) is 12.1 Å². The van der Waals surface area contributed by atoms with E-state index in [4.69, 9.17) is 15.6 Å². The maximum absolute atomic E-state index is 12.4. The Kier molecular flexibility index (Phi) is 3.83. The summed E-state index contributed by atoms with van der Waals surface area (Å²) in [5.74, 6) is 7.39. The Morgan fingerprint density at radius 2 is 1.96 bits per heavy atom. The van der Waals surface area contributed by atoms with Crippen LogP contribution in [-0.4, -0.2) is 26.1 Å². The van der Waals surface area contributed by atoms with E-state index in [1.807, 2.05) is 57.3 Å². The van der Waals surface area contributed by atoms with E-state index in [0.717, 1.165) is 22.0 Å². The lowest BCUT2D eigenvalue weighted by Gasteiger charge is -2.34. The number of hydrazine groups is 1. The average Bonchev–Trinajstić information content (AvgIpc) is 3.24. The van der Waals surface area contributed by atoms with Crippen molar-refractivity contribution >= 4 is 11.6 Å². The number of carbonyl (C=O) groups excluding carboxylic acids is 1. The normalized spacial score (nSPS) is 15.6. The maximum atomic E-state index is 12.4. The van der Waals surface area contributed by atoms with Crippen LogP contribution in [0.25, 0.3) is 5.52 Å². The Morgan fingerprint density at radius 3 is 2.54 bits per heavy atom. The highest BCUT2D eigenvalue weighted by Crippen LogP contribution is 2.42. The van der Waals surface area contributed by atoms with Crippen molar-refractivity contribution in [3.8, 4) is 0 Å². The molecule has 1 saturated carbocycles. The van der Waals surface area contributed by atoms with Crippen LogP contribution < -0.4 is 5.84 Å². The number of aromatic nitrogens is 2. The first-order chi connectivity index (χ1) is 11.1. The van der Waals surface area contributed by atoms with Crippen LogP contribution in [-0.2, 0) is 10.3 Å². The van der Waals surface area contributed by atoms with Crippen LogP contribution in [0.15, 0.2) is 24.4 Å². The van der Waals surface area contributed by atoms with Crippen LogP contribution in [0.1, 0.15) is 64.9 Å². The molecule has 1 aliphatic carbocycles. The molecule has 0 bridgehead atoms. The zero-order chi connectivity index (χ0) is 17.7. The number of fused-ring (bicyclic) bond motifs is 1. The highest BCUT2D eigenvalue weighted by Gasteiger charge is 2.39. The van der Waals surface area contributed by atoms with Gasteiger partial charge in [0.2, 0.25) is 0 Å². The second-order valence-electron chi connectivity index (χ2n) is 7.96. The molecule has 1 amide bonds. The van der Waals surface area contributed by atoms with Crippen LogP contribution in [0, 0.1) is 0 Å². The first-order valence-corrected chi connectivity index (χ1v) is 8.36. The number of pyridine rings is 1. The first kappa shape index (κ1) is 16.8. The van der Waals surface area contributed by atoms with E-state index in [1.54, 1.807) is 0 Å². The molecule has 0 saturated heterocycles. The second-order valence-corrected chi connectivity index (χ2v) is 7.96. The standard InChI is InChI=1S/C18H26N4O2/c1-17(2,3)24-16(23)22(19)18(4,5)15-20-14(12-9-10-12)13-8-6-7-11-21(13)15/h6-8,11-12H,9-10,19H2,1-5H3. The molecule has 130 valence electrons. The minimum absolute atomic E-state index is 0.514. The quantitative estimate of drug-likeness (QED) is 0.530. The fraction of sp³-hybridized carbons (Fsp3) is 0.556. The number of imidazole rings is 1. The number of hydrogen-bond acceptors (Lipinski definition) is 4. The van der Waals surface area contributed by atoms with Crippen LogP contribution in [0.3, 0.4) is 0 Å². The summed E-state index contributed by atoms with van der Waals surface area (Å²) in [5, 5.41) is 1.14. The third-order valence-electron chi connectivity index (χ3n) is 4.28. The van der Waals surface area contributed by atoms with E-state index < -0.39 is 17.2 Å². The zero-order valence-corrected chi connectivity index (χ0v) is 15.0. The first-order valence-electron chi connectivity index (χ1n) is 8.36. The summed E-state index contributed by atoms with van der Waals surface area (Å²) >= 11 is 0. The largest absolute Gasteiger partial charge is 0.443 e. The molecule has 3 rings (SSSR count). The fourth-order valence-electron chi connectivity index (χ4n) is 2.80. The highest BCUT2D eigenvalue weighted by molar-refractivity contribution is 5.69. The predicted octanol–water partition coefficient (Wildman–Crippen LogP) is 3.56. The van der Waals surface area contributed by atoms with Gasteiger partial charge in [0.1, 0.15) is 17.0 Å². The molecule has 2 heterocycles. The van der Waals surface area contributed by atoms with Crippen molar-refractivity contribution in [2.45, 2.75) is 64.5 Å². The summed E-state index contributed by atoms with van der Waals surface area (Å²) in [6.45, 7) is 9.23. The van der Waals surface area contributed by atoms with Crippen molar-refractivity contribution in [1.82, 2.24) is 14.4 Å². The second kappa shape index (κ2) is 5.48. The summed E-state index contributed by atoms with van der Waals surface area (Å²) < 4.78 is 7.44. The van der Waals surface area contributed by atoms with Crippen molar-refractivity contribution in [1.29, 1.82) is 0 Å². The van der Waals surface area contributed by atoms with Gasteiger partial charge in [-0.2, -0.15) is 0 Å². The Bertz CT molecular complexity index is 769. The zero-order valence-electron chi connectivity index (χ0n) is 15.0. The minimum atomic E-state index is -0.806. The van der Waals surface area contributed by atoms with Crippen molar-refractivity contribution in [2.75, 3.05) is 0 Å². The van der Waals surface area contributed by atoms with Crippen molar-refractivity contribution in [2.24, 2.45) is 5.84 Å². The number of amides is 1. The summed E-state index contributed by atoms with van der Waals surface area (Å²) in [7, 11) is 0. The van der Waals surface area contributed by atoms with Gasteiger partial charge >= 0.3 is 6.09 Å². The molecule has 6 heteroatoms. The van der Waals surface area contributed by atoms with Crippen LogP contribution in [0.5, 0.6) is 0 Å². The lowest BCUT2D eigenvalue weighted by Crippen LogP contribution is -2.52. The smallest absolute Gasteiger partial charge is 0.425 e. The summed E-state index contributed by atoms with van der Waals surface area (Å²) in [5.41, 5.74) is 0.773. The van der Waals surface area contributed by atoms with Gasteiger partial charge in [0.05, 0.1) is 11.2 Å². The molecule has 0 aliphatic heterocycles. The summed E-state index contributed by atoms with van der Waals surface area (Å²) in [6, 6.07) is 6.03. The Morgan fingerprint density at radius 1 is 1.29 bits per heavy atom. The number of hydrogen-bond donors (Lipinski definition) is 1. The van der Waals surface area contributed by atoms with Crippen molar-refractivity contribution in [3.05, 3.63) is 35.9 Å². The number of nitrogens with zero attached hydrogens (tertiary/aromatic N) is 3. The molecular formula is C18H26N4O2. The molecule has 0 spiro atoms. The van der Waals surface area contributed by atoms with E-state index in [-0.39, 0.29) is 0 Å². The molecule has 2 aromatic heterocycles. The van der Waals surface area contributed by atoms with Gasteiger partial charge in [0.15, 0.2) is 0 Å². The van der Waals surface area contributed by atoms with Crippen LogP contribution in [0.4, 0.5) is 4.79 Å². The minimum Gasteiger partial charge on any atom is -0.443 e. The fourth-order valence-corrected chi connectivity index (χ4v) is 2.80. The predicted molar refractivity (Wildman–Crippen MR) is 92.5 cm³/mol. The molecule has 6 nitrogen and oxygen atoms in total. The highest BCUT2D eigenvalue weighted by atomic mass is 16.6. The van der Waals surface area contributed by atoms with Crippen molar-refractivity contribution in [3.63, 3.8) is 0 Å². The number of nitrogens with two attached hydrogens (primary N) is 1. The van der Waals surface area contributed by atoms with E-state index in [9.17, 15) is 4.79 Å². The van der Waals surface area contributed by atoms with Crippen LogP contribution >= 0.6 is 0 Å². The lowest BCUT2D eigenvalue weighted by molar-refractivity contribution is -0.0000599. The Hall–Kier alpha value is -2.08. The van der Waals surface area contributed by atoms with Gasteiger partial charge in [-0.05, 0) is 59.6 Å². The van der Waals surface area contributed by atoms with Gasteiger partial charge in [-0.15, -0.1) is 0 Å². The maximum Gasteiger partial charge on any atom is 0.425 e. The van der Waals surface area contributed by atoms with E-state index in [0.29, 0.717) is 5.92 Å². The van der Waals surface area contributed by atoms with E-state index in [2.05, 4.69) is 6.07 Å². The number of carbonyl (C=O) groups is 1. The molecule has 1 fully saturated rings. The molecule has 2 N–H and O–H groups in total. The van der Waals surface area contributed by atoms with Gasteiger partial charge in [0.25, 0.3) is 0 Å².